The number of carbonyl (C=O) groups excluding carboxylic acids is 2. The maximum absolute atomic E-state index is 12.4. The summed E-state index contributed by atoms with van der Waals surface area (Å²) in [6.07, 6.45) is 3.41. The van der Waals surface area contributed by atoms with Crippen molar-refractivity contribution in [3.8, 4) is 11.5 Å². The van der Waals surface area contributed by atoms with E-state index in [4.69, 9.17) is 9.47 Å². The zero-order valence-electron chi connectivity index (χ0n) is 19.0. The van der Waals surface area contributed by atoms with Crippen molar-refractivity contribution in [2.75, 3.05) is 38.7 Å². The highest BCUT2D eigenvalue weighted by molar-refractivity contribution is 5.93. The van der Waals surface area contributed by atoms with E-state index < -0.39 is 0 Å². The molecule has 0 radical (unpaired) electrons. The van der Waals surface area contributed by atoms with Gasteiger partial charge in [0.25, 0.3) is 0 Å². The van der Waals surface area contributed by atoms with Gasteiger partial charge >= 0.3 is 0 Å². The molecule has 7 nitrogen and oxygen atoms in total. The maximum atomic E-state index is 12.4. The van der Waals surface area contributed by atoms with Crippen LogP contribution in [0.2, 0.25) is 0 Å². The van der Waals surface area contributed by atoms with Crippen molar-refractivity contribution in [2.24, 2.45) is 11.8 Å². The Morgan fingerprint density at radius 1 is 1.03 bits per heavy atom. The van der Waals surface area contributed by atoms with E-state index >= 15 is 0 Å². The van der Waals surface area contributed by atoms with Crippen LogP contribution in [0.5, 0.6) is 11.5 Å². The number of hydrogen-bond acceptors (Lipinski definition) is 5. The molecule has 7 heteroatoms. The van der Waals surface area contributed by atoms with Crippen LogP contribution in [0, 0.1) is 11.8 Å². The highest BCUT2D eigenvalue weighted by Gasteiger charge is 2.28. The van der Waals surface area contributed by atoms with Gasteiger partial charge in [-0.25, -0.2) is 0 Å². The first-order chi connectivity index (χ1) is 14.3. The summed E-state index contributed by atoms with van der Waals surface area (Å²) in [5, 5.41) is 6.01. The van der Waals surface area contributed by atoms with E-state index in [1.807, 2.05) is 13.8 Å². The second-order valence-electron chi connectivity index (χ2n) is 8.19. The minimum absolute atomic E-state index is 0.0315. The van der Waals surface area contributed by atoms with Crippen LogP contribution in [0.25, 0.3) is 0 Å². The molecule has 1 aliphatic carbocycles. The third-order valence-electron chi connectivity index (χ3n) is 5.71. The van der Waals surface area contributed by atoms with Crippen molar-refractivity contribution in [3.05, 3.63) is 18.2 Å². The summed E-state index contributed by atoms with van der Waals surface area (Å²) >= 11 is 0. The van der Waals surface area contributed by atoms with Crippen LogP contribution in [-0.2, 0) is 9.59 Å². The molecule has 1 aromatic rings. The largest absolute Gasteiger partial charge is 0.490 e. The number of nitrogens with one attached hydrogen (secondary N) is 2. The lowest BCUT2D eigenvalue weighted by atomic mass is 9.78. The van der Waals surface area contributed by atoms with Gasteiger partial charge in [0.1, 0.15) is 0 Å². The SMILES string of the molecule is CCOc1ccc(NC(=O)CN(C)CC(=O)N[C@@H]2CCC[C@H](C)[C@@H]2C)cc1OCC. The van der Waals surface area contributed by atoms with Crippen molar-refractivity contribution in [2.45, 2.75) is 53.0 Å². The van der Waals surface area contributed by atoms with Crippen molar-refractivity contribution in [3.63, 3.8) is 0 Å². The highest BCUT2D eigenvalue weighted by atomic mass is 16.5. The molecule has 1 aromatic carbocycles. The Labute approximate surface area is 180 Å². The summed E-state index contributed by atoms with van der Waals surface area (Å²) in [6.45, 7) is 9.63. The normalized spacial score (nSPS) is 21.2. The molecule has 0 spiro atoms. The molecule has 3 atom stereocenters. The highest BCUT2D eigenvalue weighted by Crippen LogP contribution is 2.31. The number of anilines is 1. The van der Waals surface area contributed by atoms with E-state index in [0.29, 0.717) is 42.2 Å². The molecular formula is C23H37N3O4. The van der Waals surface area contributed by atoms with Crippen molar-refractivity contribution < 1.29 is 19.1 Å². The van der Waals surface area contributed by atoms with E-state index in [1.54, 1.807) is 30.1 Å². The molecule has 0 unspecified atom stereocenters. The second-order valence-corrected chi connectivity index (χ2v) is 8.19. The number of amides is 2. The third-order valence-corrected chi connectivity index (χ3v) is 5.71. The smallest absolute Gasteiger partial charge is 0.238 e. The Morgan fingerprint density at radius 3 is 2.40 bits per heavy atom. The van der Waals surface area contributed by atoms with Gasteiger partial charge < -0.3 is 20.1 Å². The van der Waals surface area contributed by atoms with Crippen molar-refractivity contribution >= 4 is 17.5 Å². The van der Waals surface area contributed by atoms with E-state index in [9.17, 15) is 9.59 Å². The third kappa shape index (κ3) is 7.20. The summed E-state index contributed by atoms with van der Waals surface area (Å²) in [7, 11) is 1.77. The molecule has 2 N–H and O–H groups in total. The summed E-state index contributed by atoms with van der Waals surface area (Å²) in [4.78, 5) is 26.5. The van der Waals surface area contributed by atoms with Gasteiger partial charge in [-0.15, -0.1) is 0 Å². The molecule has 30 heavy (non-hydrogen) atoms. The maximum Gasteiger partial charge on any atom is 0.238 e. The first-order valence-corrected chi connectivity index (χ1v) is 11.0. The van der Waals surface area contributed by atoms with Gasteiger partial charge in [-0.2, -0.15) is 0 Å². The van der Waals surface area contributed by atoms with E-state index in [0.717, 1.165) is 12.8 Å². The number of nitrogens with zero attached hydrogens (tertiary/aromatic N) is 1. The van der Waals surface area contributed by atoms with Gasteiger partial charge in [-0.3, -0.25) is 14.5 Å². The molecule has 2 amide bonds. The van der Waals surface area contributed by atoms with Crippen LogP contribution in [0.4, 0.5) is 5.69 Å². The number of benzene rings is 1. The first-order valence-electron chi connectivity index (χ1n) is 11.0. The molecule has 2 rings (SSSR count). The molecule has 0 aliphatic heterocycles. The molecule has 0 saturated heterocycles. The molecule has 168 valence electrons. The van der Waals surface area contributed by atoms with Gasteiger partial charge in [-0.1, -0.05) is 26.7 Å². The standard InChI is InChI=1S/C23H37N3O4/c1-6-29-20-12-11-18(13-21(20)30-7-2)24-22(27)14-26(5)15-23(28)25-19-10-8-9-16(3)17(19)4/h11-13,16-17,19H,6-10,14-15H2,1-5H3,(H,24,27)(H,25,28)/t16-,17-,19+/m0/s1. The number of rotatable bonds is 10. The minimum Gasteiger partial charge on any atom is -0.490 e. The Bertz CT molecular complexity index is 710. The number of ether oxygens (including phenoxy) is 2. The lowest BCUT2D eigenvalue weighted by Gasteiger charge is -2.34. The van der Waals surface area contributed by atoms with Crippen LogP contribution in [0.15, 0.2) is 18.2 Å². The van der Waals surface area contributed by atoms with Crippen LogP contribution < -0.4 is 20.1 Å². The number of likely N-dealkylation sites (N-methyl/N-ethyl adjacent to an activating group) is 1. The predicted octanol–water partition coefficient (Wildman–Crippen LogP) is 3.30. The average Bonchev–Trinajstić information content (AvgIpc) is 2.67. The zero-order valence-corrected chi connectivity index (χ0v) is 19.0. The fourth-order valence-electron chi connectivity index (χ4n) is 3.91. The summed E-state index contributed by atoms with van der Waals surface area (Å²) < 4.78 is 11.1. The lowest BCUT2D eigenvalue weighted by Crippen LogP contribution is -2.47. The van der Waals surface area contributed by atoms with E-state index in [1.165, 1.54) is 6.42 Å². The van der Waals surface area contributed by atoms with Crippen LogP contribution >= 0.6 is 0 Å². The molecule has 0 heterocycles. The monoisotopic (exact) mass is 419 g/mol. The topological polar surface area (TPSA) is 79.9 Å². The minimum atomic E-state index is -0.184. The Hall–Kier alpha value is -2.28. The van der Waals surface area contributed by atoms with Gasteiger partial charge in [0, 0.05) is 17.8 Å². The Morgan fingerprint density at radius 2 is 1.70 bits per heavy atom. The second kappa shape index (κ2) is 11.8. The van der Waals surface area contributed by atoms with Gasteiger partial charge in [-0.05, 0) is 51.3 Å². The van der Waals surface area contributed by atoms with Gasteiger partial charge in [0.05, 0.1) is 26.3 Å². The molecule has 1 saturated carbocycles. The fraction of sp³-hybridized carbons (Fsp3) is 0.652. The summed E-state index contributed by atoms with van der Waals surface area (Å²) in [5.41, 5.74) is 0.634. The van der Waals surface area contributed by atoms with Crippen LogP contribution in [-0.4, -0.2) is 56.1 Å². The van der Waals surface area contributed by atoms with Crippen LogP contribution in [0.1, 0.15) is 47.0 Å². The molecule has 1 aliphatic rings. The zero-order chi connectivity index (χ0) is 22.1. The Kier molecular flexibility index (Phi) is 9.43. The average molecular weight is 420 g/mol. The van der Waals surface area contributed by atoms with Crippen molar-refractivity contribution in [1.29, 1.82) is 0 Å². The molecule has 0 bridgehead atoms. The lowest BCUT2D eigenvalue weighted by molar-refractivity contribution is -0.124. The fourth-order valence-corrected chi connectivity index (χ4v) is 3.91. The summed E-state index contributed by atoms with van der Waals surface area (Å²) in [5.74, 6) is 2.14. The number of carbonyl (C=O) groups is 2. The quantitative estimate of drug-likeness (QED) is 0.608. The molecule has 1 fully saturated rings. The van der Waals surface area contributed by atoms with E-state index in [-0.39, 0.29) is 30.9 Å². The first kappa shape index (κ1) is 24.0. The number of hydrogen-bond donors (Lipinski definition) is 2. The van der Waals surface area contributed by atoms with Gasteiger partial charge in [0.2, 0.25) is 11.8 Å². The van der Waals surface area contributed by atoms with Crippen LogP contribution in [0.3, 0.4) is 0 Å². The predicted molar refractivity (Wildman–Crippen MR) is 119 cm³/mol. The molecule has 0 aromatic heterocycles. The van der Waals surface area contributed by atoms with Crippen molar-refractivity contribution in [1.82, 2.24) is 10.2 Å². The summed E-state index contributed by atoms with van der Waals surface area (Å²) in [6, 6.07) is 5.55. The Balaban J connectivity index is 1.84. The van der Waals surface area contributed by atoms with E-state index in [2.05, 4.69) is 24.5 Å². The van der Waals surface area contributed by atoms with Gasteiger partial charge in [0.15, 0.2) is 11.5 Å². The molecular weight excluding hydrogens is 382 g/mol.